The van der Waals surface area contributed by atoms with Crippen LogP contribution < -0.4 is 10.1 Å². The van der Waals surface area contributed by atoms with Gasteiger partial charge in [-0.1, -0.05) is 68.2 Å². The molecule has 4 rings (SSSR count). The Hall–Kier alpha value is -2.69. The van der Waals surface area contributed by atoms with E-state index >= 15 is 0 Å². The molecule has 4 nitrogen and oxygen atoms in total. The van der Waals surface area contributed by atoms with Gasteiger partial charge >= 0.3 is 0 Å². The van der Waals surface area contributed by atoms with Crippen molar-refractivity contribution in [2.45, 2.75) is 32.7 Å². The fourth-order valence-corrected chi connectivity index (χ4v) is 3.80. The van der Waals surface area contributed by atoms with Crippen molar-refractivity contribution in [2.24, 2.45) is 0 Å². The number of rotatable bonds is 5. The minimum absolute atomic E-state index is 0.132. The number of ether oxygens (including phenoxy) is 1. The van der Waals surface area contributed by atoms with Crippen molar-refractivity contribution in [3.8, 4) is 11.4 Å². The molecule has 0 unspecified atom stereocenters. The monoisotopic (exact) mass is 453 g/mol. The lowest BCUT2D eigenvalue weighted by atomic mass is 9.87. The van der Waals surface area contributed by atoms with E-state index in [1.165, 1.54) is 11.1 Å². The Morgan fingerprint density at radius 3 is 2.19 bits per heavy atom. The van der Waals surface area contributed by atoms with Crippen molar-refractivity contribution < 1.29 is 4.74 Å². The van der Waals surface area contributed by atoms with Gasteiger partial charge in [-0.25, -0.2) is 4.98 Å². The first-order valence-electron chi connectivity index (χ1n) is 10.1. The predicted octanol–water partition coefficient (Wildman–Crippen LogP) is 7.25. The van der Waals surface area contributed by atoms with Crippen LogP contribution in [0, 0.1) is 0 Å². The normalized spacial score (nSPS) is 11.7. The molecule has 160 valence electrons. The van der Waals surface area contributed by atoms with E-state index in [4.69, 9.17) is 32.9 Å². The highest BCUT2D eigenvalue weighted by atomic mass is 35.5. The van der Waals surface area contributed by atoms with Gasteiger partial charge < -0.3 is 10.1 Å². The Labute approximate surface area is 192 Å². The smallest absolute Gasteiger partial charge is 0.208 e. The third kappa shape index (κ3) is 4.51. The molecule has 0 bridgehead atoms. The first-order valence-corrected chi connectivity index (χ1v) is 10.9. The topological polar surface area (TPSA) is 39.1 Å². The van der Waals surface area contributed by atoms with Crippen LogP contribution in [0.3, 0.4) is 0 Å². The van der Waals surface area contributed by atoms with E-state index in [1.54, 1.807) is 13.2 Å². The summed E-state index contributed by atoms with van der Waals surface area (Å²) in [4.78, 5) is 4.78. The molecule has 0 atom stereocenters. The maximum atomic E-state index is 6.32. The molecule has 1 N–H and O–H groups in total. The molecule has 0 spiro atoms. The van der Waals surface area contributed by atoms with Gasteiger partial charge in [-0.15, -0.1) is 0 Å². The van der Waals surface area contributed by atoms with Gasteiger partial charge in [0.05, 0.1) is 28.2 Å². The molecule has 1 heterocycles. The Morgan fingerprint density at radius 1 is 0.935 bits per heavy atom. The van der Waals surface area contributed by atoms with Gasteiger partial charge in [-0.2, -0.15) is 0 Å². The number of anilines is 1. The maximum absolute atomic E-state index is 6.32. The number of halogens is 2. The van der Waals surface area contributed by atoms with Crippen LogP contribution in [0.5, 0.6) is 5.75 Å². The number of hydrogen-bond acceptors (Lipinski definition) is 3. The van der Waals surface area contributed by atoms with E-state index in [0.29, 0.717) is 16.6 Å². The van der Waals surface area contributed by atoms with Gasteiger partial charge in [0.2, 0.25) is 5.95 Å². The molecular formula is C25H25Cl2N3O. The molecule has 0 saturated heterocycles. The number of benzene rings is 3. The van der Waals surface area contributed by atoms with Gasteiger partial charge in [0.15, 0.2) is 0 Å². The molecule has 0 aliphatic rings. The quantitative estimate of drug-likeness (QED) is 0.345. The van der Waals surface area contributed by atoms with E-state index in [1.807, 2.05) is 34.9 Å². The van der Waals surface area contributed by atoms with Crippen molar-refractivity contribution in [2.75, 3.05) is 12.4 Å². The Balaban J connectivity index is 1.70. The highest BCUT2D eigenvalue weighted by molar-refractivity contribution is 6.42. The number of hydrogen-bond donors (Lipinski definition) is 1. The number of nitrogens with one attached hydrogen (secondary N) is 1. The molecule has 0 aliphatic carbocycles. The second-order valence-electron chi connectivity index (χ2n) is 8.52. The number of imidazole rings is 1. The average molecular weight is 454 g/mol. The van der Waals surface area contributed by atoms with Crippen LogP contribution in [-0.4, -0.2) is 16.7 Å². The third-order valence-electron chi connectivity index (χ3n) is 5.30. The van der Waals surface area contributed by atoms with Crippen LogP contribution in [0.15, 0.2) is 60.7 Å². The van der Waals surface area contributed by atoms with Crippen molar-refractivity contribution in [1.82, 2.24) is 9.55 Å². The summed E-state index contributed by atoms with van der Waals surface area (Å²) in [5, 5.41) is 4.46. The predicted molar refractivity (Wildman–Crippen MR) is 130 cm³/mol. The Kier molecular flexibility index (Phi) is 5.87. The number of nitrogens with zero attached hydrogens (tertiary/aromatic N) is 2. The molecule has 0 aliphatic heterocycles. The second kappa shape index (κ2) is 8.45. The maximum Gasteiger partial charge on any atom is 0.208 e. The van der Waals surface area contributed by atoms with Crippen molar-refractivity contribution in [3.63, 3.8) is 0 Å². The SMILES string of the molecule is COc1ccc(-n2c(NCc3ccc(C(C)(C)C)cc3)nc3cc(Cl)c(Cl)cc32)cc1. The molecule has 0 saturated carbocycles. The zero-order valence-electron chi connectivity index (χ0n) is 18.0. The standard InChI is InChI=1S/C25H25Cl2N3O/c1-25(2,3)17-7-5-16(6-8-17)15-28-24-29-22-13-20(26)21(27)14-23(22)30(24)18-9-11-19(31-4)12-10-18/h5-14H,15H2,1-4H3,(H,28,29). The summed E-state index contributed by atoms with van der Waals surface area (Å²) < 4.78 is 7.34. The van der Waals surface area contributed by atoms with Crippen molar-refractivity contribution >= 4 is 40.2 Å². The molecule has 4 aromatic rings. The van der Waals surface area contributed by atoms with Crippen LogP contribution in [0.4, 0.5) is 5.95 Å². The third-order valence-corrected chi connectivity index (χ3v) is 6.02. The van der Waals surface area contributed by atoms with Gasteiger partial charge in [-0.05, 0) is 52.9 Å². The Bertz CT molecular complexity index is 1210. The van der Waals surface area contributed by atoms with Gasteiger partial charge in [0.1, 0.15) is 5.75 Å². The van der Waals surface area contributed by atoms with Crippen molar-refractivity contribution in [3.05, 3.63) is 81.8 Å². The van der Waals surface area contributed by atoms with Crippen LogP contribution in [0.25, 0.3) is 16.7 Å². The lowest BCUT2D eigenvalue weighted by Crippen LogP contribution is -2.11. The van der Waals surface area contributed by atoms with Crippen molar-refractivity contribution in [1.29, 1.82) is 0 Å². The van der Waals surface area contributed by atoms with E-state index in [-0.39, 0.29) is 5.41 Å². The first kappa shape index (κ1) is 21.5. The summed E-state index contributed by atoms with van der Waals surface area (Å²) in [6.07, 6.45) is 0. The van der Waals surface area contributed by atoms with Gasteiger partial charge in [-0.3, -0.25) is 4.57 Å². The highest BCUT2D eigenvalue weighted by Crippen LogP contribution is 2.32. The minimum atomic E-state index is 0.132. The van der Waals surface area contributed by atoms with Crippen LogP contribution >= 0.6 is 23.2 Å². The number of methoxy groups -OCH3 is 1. The molecule has 6 heteroatoms. The fraction of sp³-hybridized carbons (Fsp3) is 0.240. The lowest BCUT2D eigenvalue weighted by molar-refractivity contribution is 0.415. The van der Waals surface area contributed by atoms with Crippen LogP contribution in [0.2, 0.25) is 10.0 Å². The zero-order chi connectivity index (χ0) is 22.2. The van der Waals surface area contributed by atoms with E-state index < -0.39 is 0 Å². The fourth-order valence-electron chi connectivity index (χ4n) is 3.49. The Morgan fingerprint density at radius 2 is 1.58 bits per heavy atom. The van der Waals surface area contributed by atoms with Gasteiger partial charge in [0.25, 0.3) is 0 Å². The average Bonchev–Trinajstić information content (AvgIpc) is 3.09. The summed E-state index contributed by atoms with van der Waals surface area (Å²) >= 11 is 12.6. The van der Waals surface area contributed by atoms with Gasteiger partial charge in [0, 0.05) is 12.2 Å². The molecule has 3 aromatic carbocycles. The summed E-state index contributed by atoms with van der Waals surface area (Å²) in [6, 6.07) is 20.1. The number of fused-ring (bicyclic) bond motifs is 1. The summed E-state index contributed by atoms with van der Waals surface area (Å²) in [5.74, 6) is 1.51. The summed E-state index contributed by atoms with van der Waals surface area (Å²) in [6.45, 7) is 7.29. The highest BCUT2D eigenvalue weighted by Gasteiger charge is 2.16. The molecule has 0 amide bonds. The van der Waals surface area contributed by atoms with E-state index in [9.17, 15) is 0 Å². The van der Waals surface area contributed by atoms with Crippen LogP contribution in [-0.2, 0) is 12.0 Å². The van der Waals surface area contributed by atoms with E-state index in [0.717, 1.165) is 28.4 Å². The molecule has 1 aromatic heterocycles. The minimum Gasteiger partial charge on any atom is -0.497 e. The summed E-state index contributed by atoms with van der Waals surface area (Å²) in [5.41, 5.74) is 5.23. The molecule has 0 fully saturated rings. The molecule has 31 heavy (non-hydrogen) atoms. The molecular weight excluding hydrogens is 429 g/mol. The van der Waals surface area contributed by atoms with Crippen LogP contribution in [0.1, 0.15) is 31.9 Å². The molecule has 0 radical (unpaired) electrons. The number of aromatic nitrogens is 2. The second-order valence-corrected chi connectivity index (χ2v) is 9.34. The lowest BCUT2D eigenvalue weighted by Gasteiger charge is -2.19. The summed E-state index contributed by atoms with van der Waals surface area (Å²) in [7, 11) is 1.65. The largest absolute Gasteiger partial charge is 0.497 e. The first-order chi connectivity index (χ1) is 14.8. The zero-order valence-corrected chi connectivity index (χ0v) is 19.6. The van der Waals surface area contributed by atoms with E-state index in [2.05, 4.69) is 50.4 Å².